The van der Waals surface area contributed by atoms with Gasteiger partial charge in [0.05, 0.1) is 12.2 Å². The standard InChI is InChI=1S/C24H24BrNO3/c1-3-28-24(27)18-8-11-22(12-9-18)26-15-20-14-21(25)10-13-23(20)29-16-19-7-5-4-6-17(19)2/h4-14,26H,3,15-16H2,1-2H3. The third-order valence-corrected chi connectivity index (χ3v) is 5.04. The average Bonchev–Trinajstić information content (AvgIpc) is 2.73. The molecule has 3 aromatic carbocycles. The molecule has 3 rings (SSSR count). The number of hydrogen-bond acceptors (Lipinski definition) is 4. The highest BCUT2D eigenvalue weighted by Crippen LogP contribution is 2.26. The molecule has 0 heterocycles. The number of esters is 1. The number of ether oxygens (including phenoxy) is 2. The van der Waals surface area contributed by atoms with E-state index in [-0.39, 0.29) is 5.97 Å². The van der Waals surface area contributed by atoms with Gasteiger partial charge in [0.15, 0.2) is 0 Å². The van der Waals surface area contributed by atoms with E-state index in [0.29, 0.717) is 25.3 Å². The number of anilines is 1. The lowest BCUT2D eigenvalue weighted by molar-refractivity contribution is 0.0526. The summed E-state index contributed by atoms with van der Waals surface area (Å²) in [4.78, 5) is 11.8. The molecule has 0 fully saturated rings. The van der Waals surface area contributed by atoms with Crippen LogP contribution in [0.4, 0.5) is 5.69 Å². The first-order valence-electron chi connectivity index (χ1n) is 9.53. The minimum absolute atomic E-state index is 0.307. The van der Waals surface area contributed by atoms with Gasteiger partial charge in [-0.2, -0.15) is 0 Å². The van der Waals surface area contributed by atoms with Crippen molar-refractivity contribution in [2.75, 3.05) is 11.9 Å². The Morgan fingerprint density at radius 3 is 2.48 bits per heavy atom. The predicted molar refractivity (Wildman–Crippen MR) is 119 cm³/mol. The van der Waals surface area contributed by atoms with E-state index in [4.69, 9.17) is 9.47 Å². The van der Waals surface area contributed by atoms with Crippen LogP contribution in [0.3, 0.4) is 0 Å². The van der Waals surface area contributed by atoms with E-state index in [9.17, 15) is 4.79 Å². The second-order valence-corrected chi connectivity index (χ2v) is 7.53. The lowest BCUT2D eigenvalue weighted by Gasteiger charge is -2.14. The van der Waals surface area contributed by atoms with Crippen LogP contribution in [0.25, 0.3) is 0 Å². The number of benzene rings is 3. The molecule has 0 aliphatic heterocycles. The molecule has 0 amide bonds. The van der Waals surface area contributed by atoms with Crippen LogP contribution in [-0.4, -0.2) is 12.6 Å². The minimum Gasteiger partial charge on any atom is -0.489 e. The monoisotopic (exact) mass is 453 g/mol. The van der Waals surface area contributed by atoms with Gasteiger partial charge >= 0.3 is 5.97 Å². The van der Waals surface area contributed by atoms with Gasteiger partial charge in [-0.25, -0.2) is 4.79 Å². The summed E-state index contributed by atoms with van der Waals surface area (Å²) in [5, 5.41) is 3.38. The highest BCUT2D eigenvalue weighted by atomic mass is 79.9. The summed E-state index contributed by atoms with van der Waals surface area (Å²) in [6.07, 6.45) is 0. The maximum Gasteiger partial charge on any atom is 0.338 e. The second kappa shape index (κ2) is 10.1. The lowest BCUT2D eigenvalue weighted by Crippen LogP contribution is -2.06. The van der Waals surface area contributed by atoms with Crippen molar-refractivity contribution in [3.8, 4) is 5.75 Å². The molecule has 1 N–H and O–H groups in total. The largest absolute Gasteiger partial charge is 0.489 e. The number of rotatable bonds is 8. The van der Waals surface area contributed by atoms with E-state index in [0.717, 1.165) is 21.5 Å². The molecule has 0 unspecified atom stereocenters. The Hall–Kier alpha value is -2.79. The smallest absolute Gasteiger partial charge is 0.338 e. The third-order valence-electron chi connectivity index (χ3n) is 4.55. The van der Waals surface area contributed by atoms with Crippen LogP contribution in [0.15, 0.2) is 71.2 Å². The van der Waals surface area contributed by atoms with Gasteiger partial charge in [0, 0.05) is 22.3 Å². The Balaban J connectivity index is 1.66. The maximum absolute atomic E-state index is 11.8. The van der Waals surface area contributed by atoms with Gasteiger partial charge in [0.1, 0.15) is 12.4 Å². The zero-order valence-corrected chi connectivity index (χ0v) is 18.2. The van der Waals surface area contributed by atoms with Crippen molar-refractivity contribution in [2.45, 2.75) is 27.0 Å². The zero-order chi connectivity index (χ0) is 20.6. The fraction of sp³-hybridized carbons (Fsp3) is 0.208. The molecule has 0 aliphatic rings. The molecule has 0 radical (unpaired) electrons. The number of halogens is 1. The van der Waals surface area contributed by atoms with E-state index in [2.05, 4.69) is 40.3 Å². The van der Waals surface area contributed by atoms with E-state index in [1.54, 1.807) is 19.1 Å². The Morgan fingerprint density at radius 2 is 1.76 bits per heavy atom. The fourth-order valence-corrected chi connectivity index (χ4v) is 3.30. The van der Waals surface area contributed by atoms with Crippen LogP contribution in [0.5, 0.6) is 5.75 Å². The van der Waals surface area contributed by atoms with Crippen LogP contribution in [-0.2, 0) is 17.9 Å². The van der Waals surface area contributed by atoms with Crippen LogP contribution in [0.1, 0.15) is 34.0 Å². The normalized spacial score (nSPS) is 10.4. The van der Waals surface area contributed by atoms with E-state index in [1.165, 1.54) is 11.1 Å². The SMILES string of the molecule is CCOC(=O)c1ccc(NCc2cc(Br)ccc2OCc2ccccc2C)cc1. The van der Waals surface area contributed by atoms with Crippen molar-refractivity contribution in [2.24, 2.45) is 0 Å². The third kappa shape index (κ3) is 5.84. The molecule has 0 aliphatic carbocycles. The second-order valence-electron chi connectivity index (χ2n) is 6.62. The Morgan fingerprint density at radius 1 is 1.00 bits per heavy atom. The van der Waals surface area contributed by atoms with Crippen molar-refractivity contribution < 1.29 is 14.3 Å². The first-order valence-corrected chi connectivity index (χ1v) is 10.3. The highest BCUT2D eigenvalue weighted by molar-refractivity contribution is 9.10. The van der Waals surface area contributed by atoms with Crippen molar-refractivity contribution in [1.82, 2.24) is 0 Å². The zero-order valence-electron chi connectivity index (χ0n) is 16.6. The summed E-state index contributed by atoms with van der Waals surface area (Å²) in [7, 11) is 0. The molecule has 0 aromatic heterocycles. The molecule has 0 saturated heterocycles. The number of nitrogens with one attached hydrogen (secondary N) is 1. The van der Waals surface area contributed by atoms with Crippen molar-refractivity contribution in [3.63, 3.8) is 0 Å². The van der Waals surface area contributed by atoms with Crippen molar-refractivity contribution >= 4 is 27.6 Å². The average molecular weight is 454 g/mol. The molecule has 0 spiro atoms. The highest BCUT2D eigenvalue weighted by Gasteiger charge is 2.08. The number of aryl methyl sites for hydroxylation is 1. The van der Waals surface area contributed by atoms with E-state index in [1.807, 2.05) is 42.5 Å². The molecular weight excluding hydrogens is 430 g/mol. The molecule has 5 heteroatoms. The predicted octanol–water partition coefficient (Wildman–Crippen LogP) is 6.13. The van der Waals surface area contributed by atoms with E-state index >= 15 is 0 Å². The van der Waals surface area contributed by atoms with Gasteiger partial charge in [-0.1, -0.05) is 40.2 Å². The fourth-order valence-electron chi connectivity index (χ4n) is 2.89. The van der Waals surface area contributed by atoms with Gasteiger partial charge in [0.25, 0.3) is 0 Å². The van der Waals surface area contributed by atoms with Crippen LogP contribution >= 0.6 is 15.9 Å². The minimum atomic E-state index is -0.307. The molecule has 4 nitrogen and oxygen atoms in total. The van der Waals surface area contributed by atoms with Crippen LogP contribution in [0.2, 0.25) is 0 Å². The maximum atomic E-state index is 11.8. The Kier molecular flexibility index (Phi) is 7.30. The summed E-state index contributed by atoms with van der Waals surface area (Å²) in [6.45, 7) is 5.37. The lowest BCUT2D eigenvalue weighted by atomic mass is 10.1. The summed E-state index contributed by atoms with van der Waals surface area (Å²) in [5.41, 5.74) is 4.89. The number of carbonyl (C=O) groups excluding carboxylic acids is 1. The molecule has 150 valence electrons. The molecule has 0 atom stereocenters. The topological polar surface area (TPSA) is 47.6 Å². The molecule has 3 aromatic rings. The Labute approximate surface area is 180 Å². The van der Waals surface area contributed by atoms with Gasteiger partial charge < -0.3 is 14.8 Å². The molecule has 0 saturated carbocycles. The van der Waals surface area contributed by atoms with Gasteiger partial charge in [-0.15, -0.1) is 0 Å². The first-order chi connectivity index (χ1) is 14.1. The molecular formula is C24H24BrNO3. The summed E-state index contributed by atoms with van der Waals surface area (Å²) < 4.78 is 12.1. The summed E-state index contributed by atoms with van der Waals surface area (Å²) in [5.74, 6) is 0.532. The van der Waals surface area contributed by atoms with Crippen molar-refractivity contribution in [1.29, 1.82) is 0 Å². The van der Waals surface area contributed by atoms with Gasteiger partial charge in [-0.05, 0) is 67.4 Å². The number of hydrogen-bond donors (Lipinski definition) is 1. The summed E-state index contributed by atoms with van der Waals surface area (Å²) >= 11 is 3.54. The van der Waals surface area contributed by atoms with Crippen molar-refractivity contribution in [3.05, 3.63) is 93.5 Å². The van der Waals surface area contributed by atoms with Crippen LogP contribution < -0.4 is 10.1 Å². The summed E-state index contributed by atoms with van der Waals surface area (Å²) in [6, 6.07) is 21.5. The Bertz CT molecular complexity index is 970. The molecule has 29 heavy (non-hydrogen) atoms. The quantitative estimate of drug-likeness (QED) is 0.417. The van der Waals surface area contributed by atoms with Gasteiger partial charge in [0.2, 0.25) is 0 Å². The van der Waals surface area contributed by atoms with Crippen LogP contribution in [0, 0.1) is 6.92 Å². The molecule has 0 bridgehead atoms. The number of carbonyl (C=O) groups is 1. The first kappa shape index (κ1) is 20.9. The van der Waals surface area contributed by atoms with Gasteiger partial charge in [-0.3, -0.25) is 0 Å². The van der Waals surface area contributed by atoms with E-state index < -0.39 is 0 Å².